The molecule has 1 aromatic rings. The molecular formula is C15H22N2O3. The lowest BCUT2D eigenvalue weighted by molar-refractivity contribution is -0.136. The van der Waals surface area contributed by atoms with Crippen LogP contribution in [0.1, 0.15) is 13.8 Å². The Morgan fingerprint density at radius 3 is 2.55 bits per heavy atom. The molecule has 0 aromatic heterocycles. The highest BCUT2D eigenvalue weighted by molar-refractivity contribution is 5.78. The highest BCUT2D eigenvalue weighted by Crippen LogP contribution is 2.17. The van der Waals surface area contributed by atoms with Crippen molar-refractivity contribution >= 4 is 5.91 Å². The summed E-state index contributed by atoms with van der Waals surface area (Å²) >= 11 is 0. The quantitative estimate of drug-likeness (QED) is 0.881. The van der Waals surface area contributed by atoms with Crippen LogP contribution < -0.4 is 14.8 Å². The summed E-state index contributed by atoms with van der Waals surface area (Å²) in [4.78, 5) is 14.0. The van der Waals surface area contributed by atoms with E-state index in [0.717, 1.165) is 25.4 Å². The zero-order valence-corrected chi connectivity index (χ0v) is 12.1. The molecule has 1 aliphatic heterocycles. The maximum Gasteiger partial charge on any atom is 0.260 e. The van der Waals surface area contributed by atoms with Gasteiger partial charge in [-0.15, -0.1) is 0 Å². The lowest BCUT2D eigenvalue weighted by Gasteiger charge is -2.33. The SMILES string of the molecule is CCOc1ccc(OCC(=O)N2CCNC[C@H]2C)cc1. The molecule has 20 heavy (non-hydrogen) atoms. The van der Waals surface area contributed by atoms with Crippen molar-refractivity contribution in [2.45, 2.75) is 19.9 Å². The third kappa shape index (κ3) is 3.87. The fourth-order valence-corrected chi connectivity index (χ4v) is 2.24. The largest absolute Gasteiger partial charge is 0.494 e. The van der Waals surface area contributed by atoms with Crippen molar-refractivity contribution in [1.82, 2.24) is 10.2 Å². The highest BCUT2D eigenvalue weighted by Gasteiger charge is 2.22. The van der Waals surface area contributed by atoms with Crippen LogP contribution in [0.25, 0.3) is 0 Å². The summed E-state index contributed by atoms with van der Waals surface area (Å²) in [5, 5.41) is 3.26. The summed E-state index contributed by atoms with van der Waals surface area (Å²) in [6.45, 7) is 7.14. The van der Waals surface area contributed by atoms with E-state index in [2.05, 4.69) is 5.32 Å². The first-order valence-corrected chi connectivity index (χ1v) is 7.06. The molecule has 1 aliphatic rings. The van der Waals surface area contributed by atoms with E-state index < -0.39 is 0 Å². The second-order valence-corrected chi connectivity index (χ2v) is 4.83. The maximum absolute atomic E-state index is 12.1. The summed E-state index contributed by atoms with van der Waals surface area (Å²) in [6, 6.07) is 7.55. The molecule has 0 radical (unpaired) electrons. The van der Waals surface area contributed by atoms with Gasteiger partial charge in [0.1, 0.15) is 11.5 Å². The molecule has 1 heterocycles. The molecule has 0 spiro atoms. The smallest absolute Gasteiger partial charge is 0.260 e. The summed E-state index contributed by atoms with van der Waals surface area (Å²) in [5.41, 5.74) is 0. The number of hydrogen-bond acceptors (Lipinski definition) is 4. The maximum atomic E-state index is 12.1. The van der Waals surface area contributed by atoms with Gasteiger partial charge in [0, 0.05) is 25.7 Å². The van der Waals surface area contributed by atoms with Gasteiger partial charge in [-0.3, -0.25) is 4.79 Å². The van der Waals surface area contributed by atoms with Crippen molar-refractivity contribution in [3.05, 3.63) is 24.3 Å². The monoisotopic (exact) mass is 278 g/mol. The molecule has 1 atom stereocenters. The molecule has 2 rings (SSSR count). The summed E-state index contributed by atoms with van der Waals surface area (Å²) < 4.78 is 10.9. The van der Waals surface area contributed by atoms with Crippen LogP contribution in [0.2, 0.25) is 0 Å². The van der Waals surface area contributed by atoms with E-state index in [-0.39, 0.29) is 18.6 Å². The highest BCUT2D eigenvalue weighted by atomic mass is 16.5. The molecule has 5 heteroatoms. The Balaban J connectivity index is 1.83. The van der Waals surface area contributed by atoms with Crippen LogP contribution in [0.3, 0.4) is 0 Å². The number of carbonyl (C=O) groups excluding carboxylic acids is 1. The predicted molar refractivity (Wildman–Crippen MR) is 77.2 cm³/mol. The second-order valence-electron chi connectivity index (χ2n) is 4.83. The van der Waals surface area contributed by atoms with Gasteiger partial charge in [0.15, 0.2) is 6.61 Å². The fourth-order valence-electron chi connectivity index (χ4n) is 2.24. The van der Waals surface area contributed by atoms with Crippen LogP contribution in [0.15, 0.2) is 24.3 Å². The molecular weight excluding hydrogens is 256 g/mol. The van der Waals surface area contributed by atoms with E-state index in [0.29, 0.717) is 12.4 Å². The van der Waals surface area contributed by atoms with Gasteiger partial charge in [-0.2, -0.15) is 0 Å². The van der Waals surface area contributed by atoms with E-state index in [4.69, 9.17) is 9.47 Å². The van der Waals surface area contributed by atoms with E-state index in [1.165, 1.54) is 0 Å². The predicted octanol–water partition coefficient (Wildman–Crippen LogP) is 1.28. The number of nitrogens with zero attached hydrogens (tertiary/aromatic N) is 1. The Morgan fingerprint density at radius 1 is 1.30 bits per heavy atom. The van der Waals surface area contributed by atoms with E-state index in [9.17, 15) is 4.79 Å². The Morgan fingerprint density at radius 2 is 1.95 bits per heavy atom. The molecule has 1 saturated heterocycles. The van der Waals surface area contributed by atoms with E-state index in [1.807, 2.05) is 43.0 Å². The molecule has 110 valence electrons. The van der Waals surface area contributed by atoms with Crippen molar-refractivity contribution in [3.63, 3.8) is 0 Å². The summed E-state index contributed by atoms with van der Waals surface area (Å²) in [7, 11) is 0. The average molecular weight is 278 g/mol. The van der Waals surface area contributed by atoms with Gasteiger partial charge in [0.25, 0.3) is 5.91 Å². The second kappa shape index (κ2) is 7.14. The molecule has 5 nitrogen and oxygen atoms in total. The van der Waals surface area contributed by atoms with E-state index >= 15 is 0 Å². The van der Waals surface area contributed by atoms with Gasteiger partial charge in [-0.25, -0.2) is 0 Å². The Bertz CT molecular complexity index is 433. The zero-order chi connectivity index (χ0) is 14.4. The first kappa shape index (κ1) is 14.7. The molecule has 0 saturated carbocycles. The number of rotatable bonds is 5. The van der Waals surface area contributed by atoms with Crippen molar-refractivity contribution in [3.8, 4) is 11.5 Å². The first-order chi connectivity index (χ1) is 9.70. The first-order valence-electron chi connectivity index (χ1n) is 7.06. The van der Waals surface area contributed by atoms with Crippen molar-refractivity contribution in [1.29, 1.82) is 0 Å². The van der Waals surface area contributed by atoms with Crippen molar-refractivity contribution in [2.24, 2.45) is 0 Å². The minimum absolute atomic E-state index is 0.0351. The van der Waals surface area contributed by atoms with Crippen LogP contribution in [0, 0.1) is 0 Å². The normalized spacial score (nSPS) is 18.7. The van der Waals surface area contributed by atoms with Crippen LogP contribution in [0.5, 0.6) is 11.5 Å². The number of carbonyl (C=O) groups is 1. The van der Waals surface area contributed by atoms with Crippen molar-refractivity contribution in [2.75, 3.05) is 32.8 Å². The number of benzene rings is 1. The summed E-state index contributed by atoms with van der Waals surface area (Å²) in [6.07, 6.45) is 0. The van der Waals surface area contributed by atoms with Crippen molar-refractivity contribution < 1.29 is 14.3 Å². The Kier molecular flexibility index (Phi) is 5.24. The molecule has 1 aromatic carbocycles. The van der Waals surface area contributed by atoms with Gasteiger partial charge in [-0.05, 0) is 38.1 Å². The topological polar surface area (TPSA) is 50.8 Å². The van der Waals surface area contributed by atoms with Gasteiger partial charge in [0.05, 0.1) is 6.61 Å². The van der Waals surface area contributed by atoms with Gasteiger partial charge in [0.2, 0.25) is 0 Å². The Hall–Kier alpha value is -1.75. The standard InChI is InChI=1S/C15H22N2O3/c1-3-19-13-4-6-14(7-5-13)20-11-15(18)17-9-8-16-10-12(17)2/h4-7,12,16H,3,8-11H2,1-2H3/t12-/m1/s1. The third-order valence-electron chi connectivity index (χ3n) is 3.32. The Labute approximate surface area is 119 Å². The number of amides is 1. The summed E-state index contributed by atoms with van der Waals surface area (Å²) in [5.74, 6) is 1.53. The fraction of sp³-hybridized carbons (Fsp3) is 0.533. The van der Waals surface area contributed by atoms with Crippen LogP contribution >= 0.6 is 0 Å². The molecule has 0 bridgehead atoms. The molecule has 1 N–H and O–H groups in total. The number of piperazine rings is 1. The lowest BCUT2D eigenvalue weighted by Crippen LogP contribution is -2.53. The lowest BCUT2D eigenvalue weighted by atomic mass is 10.2. The molecule has 0 unspecified atom stereocenters. The zero-order valence-electron chi connectivity index (χ0n) is 12.1. The number of hydrogen-bond donors (Lipinski definition) is 1. The van der Waals surface area contributed by atoms with E-state index in [1.54, 1.807) is 0 Å². The van der Waals surface area contributed by atoms with Crippen LogP contribution in [-0.2, 0) is 4.79 Å². The number of ether oxygens (including phenoxy) is 2. The van der Waals surface area contributed by atoms with Gasteiger partial charge in [-0.1, -0.05) is 0 Å². The molecule has 1 fully saturated rings. The van der Waals surface area contributed by atoms with Crippen LogP contribution in [0.4, 0.5) is 0 Å². The average Bonchev–Trinajstić information content (AvgIpc) is 2.47. The molecule has 1 amide bonds. The number of nitrogens with one attached hydrogen (secondary N) is 1. The van der Waals surface area contributed by atoms with Crippen LogP contribution in [-0.4, -0.2) is 49.7 Å². The minimum atomic E-state index is 0.0351. The van der Waals surface area contributed by atoms with Gasteiger partial charge >= 0.3 is 0 Å². The third-order valence-corrected chi connectivity index (χ3v) is 3.32. The minimum Gasteiger partial charge on any atom is -0.494 e. The van der Waals surface area contributed by atoms with Gasteiger partial charge < -0.3 is 19.7 Å². The molecule has 0 aliphatic carbocycles.